The summed E-state index contributed by atoms with van der Waals surface area (Å²) >= 11 is 0. The highest BCUT2D eigenvalue weighted by Crippen LogP contribution is 2.24. The molecule has 0 fully saturated rings. The fraction of sp³-hybridized carbons (Fsp3) is 0.222. The molecule has 0 bridgehead atoms. The van der Waals surface area contributed by atoms with Crippen LogP contribution in [0.5, 0.6) is 0 Å². The van der Waals surface area contributed by atoms with E-state index >= 15 is 0 Å². The van der Waals surface area contributed by atoms with Crippen molar-refractivity contribution in [2.75, 3.05) is 0 Å². The molecule has 2 rings (SSSR count). The van der Waals surface area contributed by atoms with Gasteiger partial charge in [-0.3, -0.25) is 9.59 Å². The Morgan fingerprint density at radius 2 is 1.67 bits per heavy atom. The number of carbonyl (C=O) groups is 2. The second-order valence-electron chi connectivity index (χ2n) is 5.42. The third kappa shape index (κ3) is 5.15. The minimum absolute atomic E-state index is 0.0225. The summed E-state index contributed by atoms with van der Waals surface area (Å²) in [5, 5.41) is 11.6. The smallest absolute Gasteiger partial charge is 0.303 e. The molecule has 2 N–H and O–H groups in total. The Balaban J connectivity index is 2.00. The van der Waals surface area contributed by atoms with E-state index in [-0.39, 0.29) is 19.4 Å². The van der Waals surface area contributed by atoms with Gasteiger partial charge >= 0.3 is 5.97 Å². The van der Waals surface area contributed by atoms with Gasteiger partial charge in [-0.2, -0.15) is 0 Å². The number of benzene rings is 2. The van der Waals surface area contributed by atoms with E-state index in [0.29, 0.717) is 11.1 Å². The first-order valence-electron chi connectivity index (χ1n) is 7.43. The zero-order chi connectivity index (χ0) is 17.5. The molecular formula is C18H17F2NO3. The average molecular weight is 333 g/mol. The Hall–Kier alpha value is -2.76. The molecule has 0 radical (unpaired) electrons. The standard InChI is InChI=1S/C18H17F2NO3/c19-15-7-5-12(6-8-15)14(10-18(23)24)9-17(22)21-11-13-3-1-2-4-16(13)20/h1-8,14H,9-11H2,(H,21,22)(H,23,24)/t14-/m0/s1. The summed E-state index contributed by atoms with van der Waals surface area (Å²) in [7, 11) is 0. The number of nitrogens with one attached hydrogen (secondary N) is 1. The zero-order valence-electron chi connectivity index (χ0n) is 12.8. The molecule has 126 valence electrons. The molecule has 0 unspecified atom stereocenters. The summed E-state index contributed by atoms with van der Waals surface area (Å²) in [5.41, 5.74) is 0.919. The van der Waals surface area contributed by atoms with Gasteiger partial charge in [-0.25, -0.2) is 8.78 Å². The quantitative estimate of drug-likeness (QED) is 0.817. The summed E-state index contributed by atoms with van der Waals surface area (Å²) in [5.74, 6) is -2.88. The van der Waals surface area contributed by atoms with Crippen LogP contribution < -0.4 is 5.32 Å². The topological polar surface area (TPSA) is 66.4 Å². The first kappa shape index (κ1) is 17.6. The van der Waals surface area contributed by atoms with Gasteiger partial charge in [0.2, 0.25) is 5.91 Å². The number of carboxylic acid groups (broad SMARTS) is 1. The molecule has 24 heavy (non-hydrogen) atoms. The summed E-state index contributed by atoms with van der Waals surface area (Å²) < 4.78 is 26.5. The van der Waals surface area contributed by atoms with Gasteiger partial charge in [0.05, 0.1) is 6.42 Å². The SMILES string of the molecule is O=C(O)C[C@H](CC(=O)NCc1ccccc1F)c1ccc(F)cc1. The van der Waals surface area contributed by atoms with Crippen molar-refractivity contribution in [2.24, 2.45) is 0 Å². The van der Waals surface area contributed by atoms with E-state index in [1.165, 1.54) is 30.3 Å². The number of carboxylic acids is 1. The minimum atomic E-state index is -1.05. The molecule has 2 aromatic rings. The largest absolute Gasteiger partial charge is 0.481 e. The van der Waals surface area contributed by atoms with Gasteiger partial charge in [-0.15, -0.1) is 0 Å². The van der Waals surface area contributed by atoms with Crippen LogP contribution in [0.25, 0.3) is 0 Å². The second-order valence-corrected chi connectivity index (χ2v) is 5.42. The van der Waals surface area contributed by atoms with Crippen LogP contribution in [-0.4, -0.2) is 17.0 Å². The number of amides is 1. The van der Waals surface area contributed by atoms with Crippen LogP contribution in [0.15, 0.2) is 48.5 Å². The van der Waals surface area contributed by atoms with E-state index in [2.05, 4.69) is 5.32 Å². The number of aliphatic carboxylic acids is 1. The lowest BCUT2D eigenvalue weighted by Gasteiger charge is -2.15. The number of hydrogen-bond acceptors (Lipinski definition) is 2. The van der Waals surface area contributed by atoms with Gasteiger partial charge < -0.3 is 10.4 Å². The summed E-state index contributed by atoms with van der Waals surface area (Å²) in [6.45, 7) is 0.0225. The maximum atomic E-state index is 13.5. The molecule has 0 aliphatic carbocycles. The van der Waals surface area contributed by atoms with Gasteiger partial charge in [-0.05, 0) is 23.8 Å². The van der Waals surface area contributed by atoms with Crippen molar-refractivity contribution in [3.63, 3.8) is 0 Å². The van der Waals surface area contributed by atoms with E-state index in [9.17, 15) is 18.4 Å². The number of rotatable bonds is 7. The first-order chi connectivity index (χ1) is 11.5. The molecule has 0 aromatic heterocycles. The van der Waals surface area contributed by atoms with Crippen LogP contribution in [0.3, 0.4) is 0 Å². The monoisotopic (exact) mass is 333 g/mol. The summed E-state index contributed by atoms with van der Waals surface area (Å²) in [6, 6.07) is 11.5. The Bertz CT molecular complexity index is 716. The van der Waals surface area contributed by atoms with E-state index in [4.69, 9.17) is 5.11 Å². The molecule has 1 amide bonds. The van der Waals surface area contributed by atoms with Crippen molar-refractivity contribution in [3.8, 4) is 0 Å². The van der Waals surface area contributed by atoms with Crippen LogP contribution in [0.1, 0.15) is 29.9 Å². The maximum Gasteiger partial charge on any atom is 0.303 e. The van der Waals surface area contributed by atoms with Crippen LogP contribution >= 0.6 is 0 Å². The van der Waals surface area contributed by atoms with Crippen molar-refractivity contribution in [1.82, 2.24) is 5.32 Å². The molecule has 4 nitrogen and oxygen atoms in total. The molecule has 0 spiro atoms. The predicted octanol–water partition coefficient (Wildman–Crippen LogP) is 3.23. The fourth-order valence-electron chi connectivity index (χ4n) is 2.39. The number of hydrogen-bond donors (Lipinski definition) is 2. The Morgan fingerprint density at radius 3 is 2.29 bits per heavy atom. The van der Waals surface area contributed by atoms with Gasteiger partial charge in [0.1, 0.15) is 11.6 Å². The van der Waals surface area contributed by atoms with Crippen molar-refractivity contribution in [2.45, 2.75) is 25.3 Å². The molecule has 1 atom stereocenters. The summed E-state index contributed by atoms with van der Waals surface area (Å²) in [4.78, 5) is 23.1. The van der Waals surface area contributed by atoms with Crippen LogP contribution in [0, 0.1) is 11.6 Å². The lowest BCUT2D eigenvalue weighted by Crippen LogP contribution is -2.25. The Kier molecular flexibility index (Phi) is 6.01. The highest BCUT2D eigenvalue weighted by molar-refractivity contribution is 5.78. The van der Waals surface area contributed by atoms with E-state index < -0.39 is 29.4 Å². The molecule has 0 heterocycles. The van der Waals surface area contributed by atoms with E-state index in [1.807, 2.05) is 0 Å². The number of carbonyl (C=O) groups excluding carboxylic acids is 1. The minimum Gasteiger partial charge on any atom is -0.481 e. The van der Waals surface area contributed by atoms with Crippen LogP contribution in [0.2, 0.25) is 0 Å². The molecule has 0 saturated carbocycles. The summed E-state index contributed by atoms with van der Waals surface area (Å²) in [6.07, 6.45) is -0.328. The Morgan fingerprint density at radius 1 is 1.00 bits per heavy atom. The molecular weight excluding hydrogens is 316 g/mol. The highest BCUT2D eigenvalue weighted by atomic mass is 19.1. The van der Waals surface area contributed by atoms with Gasteiger partial charge in [-0.1, -0.05) is 30.3 Å². The Labute approximate surface area is 138 Å². The molecule has 6 heteroatoms. The van der Waals surface area contributed by atoms with Crippen molar-refractivity contribution in [3.05, 3.63) is 71.3 Å². The average Bonchev–Trinajstić information content (AvgIpc) is 2.54. The maximum absolute atomic E-state index is 13.5. The van der Waals surface area contributed by atoms with E-state index in [1.54, 1.807) is 18.2 Å². The van der Waals surface area contributed by atoms with Crippen LogP contribution in [-0.2, 0) is 16.1 Å². The third-order valence-corrected chi connectivity index (χ3v) is 3.63. The molecule has 0 aliphatic rings. The fourth-order valence-corrected chi connectivity index (χ4v) is 2.39. The van der Waals surface area contributed by atoms with E-state index in [0.717, 1.165) is 0 Å². The van der Waals surface area contributed by atoms with Crippen molar-refractivity contribution >= 4 is 11.9 Å². The van der Waals surface area contributed by atoms with Crippen LogP contribution in [0.4, 0.5) is 8.78 Å². The third-order valence-electron chi connectivity index (χ3n) is 3.63. The normalized spacial score (nSPS) is 11.8. The van der Waals surface area contributed by atoms with Gasteiger partial charge in [0, 0.05) is 24.4 Å². The lowest BCUT2D eigenvalue weighted by atomic mass is 9.92. The predicted molar refractivity (Wildman–Crippen MR) is 84.3 cm³/mol. The van der Waals surface area contributed by atoms with Gasteiger partial charge in [0.25, 0.3) is 0 Å². The highest BCUT2D eigenvalue weighted by Gasteiger charge is 2.19. The van der Waals surface area contributed by atoms with Crippen molar-refractivity contribution < 1.29 is 23.5 Å². The molecule has 0 saturated heterocycles. The second kappa shape index (κ2) is 8.19. The first-order valence-corrected chi connectivity index (χ1v) is 7.43. The number of halogens is 2. The van der Waals surface area contributed by atoms with Crippen molar-refractivity contribution in [1.29, 1.82) is 0 Å². The lowest BCUT2D eigenvalue weighted by molar-refractivity contribution is -0.137. The molecule has 0 aliphatic heterocycles. The molecule has 2 aromatic carbocycles. The zero-order valence-corrected chi connectivity index (χ0v) is 12.8. The van der Waals surface area contributed by atoms with Gasteiger partial charge in [0.15, 0.2) is 0 Å².